The Morgan fingerprint density at radius 3 is 2.71 bits per heavy atom. The van der Waals surface area contributed by atoms with E-state index in [-0.39, 0.29) is 10.1 Å². The first-order valence-corrected chi connectivity index (χ1v) is 6.25. The van der Waals surface area contributed by atoms with Gasteiger partial charge in [-0.1, -0.05) is 34.8 Å². The molecule has 0 aliphatic rings. The zero-order valence-corrected chi connectivity index (χ0v) is 11.2. The Kier molecular flexibility index (Phi) is 3.89. The van der Waals surface area contributed by atoms with Gasteiger partial charge < -0.3 is 4.74 Å². The fourth-order valence-corrected chi connectivity index (χ4v) is 2.69. The topological polar surface area (TPSA) is 39.2 Å². The van der Waals surface area contributed by atoms with Crippen LogP contribution in [0.15, 0.2) is 18.2 Å². The largest absolute Gasteiger partial charge is 0.414 e. The van der Waals surface area contributed by atoms with Crippen LogP contribution in [0.1, 0.15) is 0 Å². The molecule has 17 heavy (non-hydrogen) atoms. The molecule has 2 aromatic rings. The molecule has 1 heterocycles. The fourth-order valence-electron chi connectivity index (χ4n) is 1.23. The normalized spacial score (nSPS) is 10.3. The Labute approximate surface area is 116 Å². The van der Waals surface area contributed by atoms with Crippen molar-refractivity contribution < 1.29 is 9.53 Å². The number of hydrogen-bond donors (Lipinski definition) is 0. The molecule has 1 aromatic heterocycles. The molecule has 3 nitrogen and oxygen atoms in total. The molecule has 0 unspecified atom stereocenters. The van der Waals surface area contributed by atoms with Crippen LogP contribution in [0, 0.1) is 0 Å². The van der Waals surface area contributed by atoms with E-state index in [1.807, 2.05) is 0 Å². The molecule has 0 N–H and O–H groups in total. The van der Waals surface area contributed by atoms with Gasteiger partial charge in [0.2, 0.25) is 5.06 Å². The molecule has 0 saturated carbocycles. The Morgan fingerprint density at radius 2 is 2.06 bits per heavy atom. The summed E-state index contributed by atoms with van der Waals surface area (Å²) in [6.45, 7) is 0.298. The van der Waals surface area contributed by atoms with Gasteiger partial charge in [0.15, 0.2) is 0 Å². The van der Waals surface area contributed by atoms with Crippen molar-refractivity contribution in [1.29, 1.82) is 0 Å². The molecule has 0 aliphatic heterocycles. The van der Waals surface area contributed by atoms with Crippen LogP contribution in [0.3, 0.4) is 0 Å². The van der Waals surface area contributed by atoms with Crippen LogP contribution in [0.2, 0.25) is 15.1 Å². The maximum absolute atomic E-state index is 10.2. The number of carbonyl (C=O) groups is 1. The van der Waals surface area contributed by atoms with Crippen LogP contribution >= 0.6 is 46.3 Å². The van der Waals surface area contributed by atoms with E-state index in [1.54, 1.807) is 18.2 Å². The molecule has 0 atom stereocenters. The van der Waals surface area contributed by atoms with Gasteiger partial charge in [-0.3, -0.25) is 4.79 Å². The van der Waals surface area contributed by atoms with Crippen molar-refractivity contribution in [1.82, 2.24) is 4.37 Å². The lowest BCUT2D eigenvalue weighted by Crippen LogP contribution is -1.85. The maximum atomic E-state index is 10.2. The van der Waals surface area contributed by atoms with E-state index in [0.717, 1.165) is 11.5 Å². The summed E-state index contributed by atoms with van der Waals surface area (Å²) < 4.78 is 8.77. The quantitative estimate of drug-likeness (QED) is 0.793. The predicted molar refractivity (Wildman–Crippen MR) is 69.3 cm³/mol. The average Bonchev–Trinajstić information content (AvgIpc) is 2.62. The minimum Gasteiger partial charge on any atom is -0.414 e. The van der Waals surface area contributed by atoms with Gasteiger partial charge in [-0.15, -0.1) is 0 Å². The van der Waals surface area contributed by atoms with Crippen molar-refractivity contribution in [2.75, 3.05) is 0 Å². The summed E-state index contributed by atoms with van der Waals surface area (Å²) in [4.78, 5) is 10.2. The van der Waals surface area contributed by atoms with E-state index >= 15 is 0 Å². The highest BCUT2D eigenvalue weighted by molar-refractivity contribution is 7.09. The zero-order valence-electron chi connectivity index (χ0n) is 8.12. The summed E-state index contributed by atoms with van der Waals surface area (Å²) in [5, 5.41) is 1.45. The van der Waals surface area contributed by atoms with Crippen LogP contribution in [-0.4, -0.2) is 10.8 Å². The number of benzene rings is 1. The number of carbonyl (C=O) groups excluding carboxylic acids is 1. The fraction of sp³-hybridized carbons (Fsp3) is 0. The summed E-state index contributed by atoms with van der Waals surface area (Å²) in [5.74, 6) is 0. The Hall–Kier alpha value is -0.810. The lowest BCUT2D eigenvalue weighted by atomic mass is 10.1. The summed E-state index contributed by atoms with van der Waals surface area (Å²) in [6.07, 6.45) is 0. The Bertz CT molecular complexity index is 571. The second-order valence-electron chi connectivity index (χ2n) is 2.97. The van der Waals surface area contributed by atoms with Gasteiger partial charge in [0.05, 0.1) is 5.02 Å². The summed E-state index contributed by atoms with van der Waals surface area (Å²) in [6, 6.07) is 4.98. The van der Waals surface area contributed by atoms with Crippen molar-refractivity contribution in [3.63, 3.8) is 0 Å². The molecule has 0 spiro atoms. The van der Waals surface area contributed by atoms with Crippen LogP contribution in [-0.2, 0) is 4.79 Å². The summed E-state index contributed by atoms with van der Waals surface area (Å²) in [7, 11) is 0. The van der Waals surface area contributed by atoms with Crippen molar-refractivity contribution in [3.05, 3.63) is 33.3 Å². The molecule has 0 aliphatic carbocycles. The van der Waals surface area contributed by atoms with Crippen LogP contribution in [0.25, 0.3) is 11.3 Å². The second-order valence-corrected chi connectivity index (χ2v) is 4.93. The lowest BCUT2D eigenvalue weighted by molar-refractivity contribution is -0.120. The zero-order chi connectivity index (χ0) is 12.4. The first kappa shape index (κ1) is 12.6. The number of hydrogen-bond acceptors (Lipinski definition) is 4. The van der Waals surface area contributed by atoms with Crippen molar-refractivity contribution in [3.8, 4) is 16.3 Å². The molecule has 0 fully saturated rings. The molecule has 88 valence electrons. The standard InChI is InChI=1S/C10H4Cl3NO2S/c11-5-1-2-6(7(12)3-5)9-8(13)10(16-4-15)17-14-9/h1-4H. The monoisotopic (exact) mass is 307 g/mol. The SMILES string of the molecule is O=COc1snc(-c2ccc(Cl)cc2Cl)c1Cl. The van der Waals surface area contributed by atoms with Gasteiger partial charge in [0, 0.05) is 22.1 Å². The number of nitrogens with zero attached hydrogens (tertiary/aromatic N) is 1. The average molecular weight is 309 g/mol. The minimum absolute atomic E-state index is 0.239. The second kappa shape index (κ2) is 5.23. The molecule has 0 saturated heterocycles. The number of rotatable bonds is 3. The third-order valence-electron chi connectivity index (χ3n) is 1.95. The maximum Gasteiger partial charge on any atom is 0.299 e. The lowest BCUT2D eigenvalue weighted by Gasteiger charge is -2.01. The van der Waals surface area contributed by atoms with Crippen LogP contribution < -0.4 is 4.74 Å². The molecule has 7 heteroatoms. The van der Waals surface area contributed by atoms with Crippen molar-refractivity contribution in [2.45, 2.75) is 0 Å². The highest BCUT2D eigenvalue weighted by atomic mass is 35.5. The summed E-state index contributed by atoms with van der Waals surface area (Å²) >= 11 is 18.8. The number of ether oxygens (including phenoxy) is 1. The van der Waals surface area contributed by atoms with Crippen molar-refractivity contribution in [2.24, 2.45) is 0 Å². The Balaban J connectivity index is 2.49. The van der Waals surface area contributed by atoms with Crippen molar-refractivity contribution >= 4 is 52.8 Å². The van der Waals surface area contributed by atoms with Gasteiger partial charge >= 0.3 is 0 Å². The minimum atomic E-state index is 0.239. The van der Waals surface area contributed by atoms with E-state index in [9.17, 15) is 4.79 Å². The van der Waals surface area contributed by atoms with Gasteiger partial charge in [-0.25, -0.2) is 0 Å². The first-order chi connectivity index (χ1) is 8.13. The van der Waals surface area contributed by atoms with Crippen LogP contribution in [0.4, 0.5) is 0 Å². The van der Waals surface area contributed by atoms with Gasteiger partial charge in [0.1, 0.15) is 10.7 Å². The van der Waals surface area contributed by atoms with E-state index in [1.165, 1.54) is 0 Å². The molecular weight excluding hydrogens is 305 g/mol. The van der Waals surface area contributed by atoms with Gasteiger partial charge in [-0.05, 0) is 18.2 Å². The molecule has 2 rings (SSSR count). The van der Waals surface area contributed by atoms with E-state index < -0.39 is 0 Å². The molecular formula is C10H4Cl3NO2S. The van der Waals surface area contributed by atoms with Crippen LogP contribution in [0.5, 0.6) is 5.06 Å². The highest BCUT2D eigenvalue weighted by Crippen LogP contribution is 2.41. The molecule has 0 amide bonds. The predicted octanol–water partition coefficient (Wildman–Crippen LogP) is 4.31. The third kappa shape index (κ3) is 2.55. The van der Waals surface area contributed by atoms with E-state index in [4.69, 9.17) is 34.8 Å². The van der Waals surface area contributed by atoms with Gasteiger partial charge in [-0.2, -0.15) is 4.37 Å². The smallest absolute Gasteiger partial charge is 0.299 e. The molecule has 0 radical (unpaired) electrons. The van der Waals surface area contributed by atoms with E-state index in [0.29, 0.717) is 27.8 Å². The third-order valence-corrected chi connectivity index (χ3v) is 3.70. The number of halogens is 3. The molecule has 0 bridgehead atoms. The number of aromatic nitrogens is 1. The Morgan fingerprint density at radius 1 is 1.29 bits per heavy atom. The molecule has 1 aromatic carbocycles. The van der Waals surface area contributed by atoms with Gasteiger partial charge in [0.25, 0.3) is 6.47 Å². The first-order valence-electron chi connectivity index (χ1n) is 4.34. The van der Waals surface area contributed by atoms with E-state index in [2.05, 4.69) is 9.11 Å². The summed E-state index contributed by atoms with van der Waals surface area (Å²) in [5.41, 5.74) is 1.10. The highest BCUT2D eigenvalue weighted by Gasteiger charge is 2.17.